The number of nitrogens with zero attached hydrogens (tertiary/aromatic N) is 2. The number of hydrogen-bond donors (Lipinski definition) is 1. The number of benzene rings is 1. The van der Waals surface area contributed by atoms with Crippen LogP contribution in [-0.4, -0.2) is 15.7 Å². The highest BCUT2D eigenvalue weighted by atomic mass is 19.1. The molecule has 1 aliphatic heterocycles. The summed E-state index contributed by atoms with van der Waals surface area (Å²) in [6.45, 7) is 3.47. The van der Waals surface area contributed by atoms with Gasteiger partial charge in [0.25, 0.3) is 0 Å². The Kier molecular flexibility index (Phi) is 4.29. The van der Waals surface area contributed by atoms with Crippen molar-refractivity contribution in [2.45, 2.75) is 64.3 Å². The Balaban J connectivity index is 1.86. The van der Waals surface area contributed by atoms with Gasteiger partial charge in [0.15, 0.2) is 0 Å². The zero-order valence-corrected chi connectivity index (χ0v) is 15.1. The van der Waals surface area contributed by atoms with Crippen LogP contribution in [0.4, 0.5) is 14.6 Å². The fraction of sp³-hybridized carbons (Fsp3) is 0.500. The van der Waals surface area contributed by atoms with Crippen molar-refractivity contribution < 1.29 is 13.6 Å². The van der Waals surface area contributed by atoms with E-state index in [4.69, 9.17) is 0 Å². The molecule has 1 saturated carbocycles. The number of fused-ring (bicyclic) bond motifs is 1. The van der Waals surface area contributed by atoms with E-state index in [1.807, 2.05) is 11.6 Å². The molecule has 0 saturated heterocycles. The molecule has 1 amide bonds. The summed E-state index contributed by atoms with van der Waals surface area (Å²) in [5, 5.41) is 7.58. The highest BCUT2D eigenvalue weighted by Crippen LogP contribution is 2.43. The minimum absolute atomic E-state index is 0.0209. The molecule has 2 aromatic rings. The van der Waals surface area contributed by atoms with Crippen molar-refractivity contribution in [3.05, 3.63) is 46.2 Å². The topological polar surface area (TPSA) is 46.9 Å². The van der Waals surface area contributed by atoms with Crippen LogP contribution in [0.2, 0.25) is 0 Å². The van der Waals surface area contributed by atoms with Crippen molar-refractivity contribution in [3.63, 3.8) is 0 Å². The van der Waals surface area contributed by atoms with E-state index in [1.54, 1.807) is 6.92 Å². The second-order valence-electron chi connectivity index (χ2n) is 7.48. The summed E-state index contributed by atoms with van der Waals surface area (Å²) in [4.78, 5) is 12.4. The number of amides is 1. The predicted molar refractivity (Wildman–Crippen MR) is 95.3 cm³/mol. The fourth-order valence-corrected chi connectivity index (χ4v) is 4.41. The van der Waals surface area contributed by atoms with Gasteiger partial charge in [0.1, 0.15) is 17.5 Å². The van der Waals surface area contributed by atoms with Gasteiger partial charge in [-0.15, -0.1) is 0 Å². The number of anilines is 1. The maximum atomic E-state index is 14.8. The molecule has 1 aliphatic carbocycles. The molecule has 138 valence electrons. The molecule has 1 atom stereocenters. The van der Waals surface area contributed by atoms with Gasteiger partial charge in [0.05, 0.1) is 11.7 Å². The van der Waals surface area contributed by atoms with E-state index in [0.717, 1.165) is 36.9 Å². The van der Waals surface area contributed by atoms with Crippen LogP contribution in [0, 0.1) is 25.5 Å². The highest BCUT2D eigenvalue weighted by molar-refractivity contribution is 5.94. The summed E-state index contributed by atoms with van der Waals surface area (Å²) in [6, 6.07) is 2.94. The number of halogens is 2. The Labute approximate surface area is 151 Å². The molecule has 4 rings (SSSR count). The van der Waals surface area contributed by atoms with Gasteiger partial charge in [0, 0.05) is 23.5 Å². The van der Waals surface area contributed by atoms with Gasteiger partial charge in [-0.25, -0.2) is 13.5 Å². The largest absolute Gasteiger partial charge is 0.311 e. The second kappa shape index (κ2) is 6.49. The molecule has 0 spiro atoms. The van der Waals surface area contributed by atoms with E-state index < -0.39 is 17.6 Å². The van der Waals surface area contributed by atoms with Gasteiger partial charge in [-0.2, -0.15) is 5.10 Å². The van der Waals surface area contributed by atoms with Crippen molar-refractivity contribution in [2.75, 3.05) is 5.32 Å². The normalized spacial score (nSPS) is 20.8. The lowest BCUT2D eigenvalue weighted by molar-refractivity contribution is -0.116. The molecular formula is C20H23F2N3O. The smallest absolute Gasteiger partial charge is 0.226 e. The Morgan fingerprint density at radius 2 is 1.85 bits per heavy atom. The predicted octanol–water partition coefficient (Wildman–Crippen LogP) is 4.76. The van der Waals surface area contributed by atoms with Gasteiger partial charge in [-0.1, -0.05) is 25.3 Å². The molecule has 0 bridgehead atoms. The van der Waals surface area contributed by atoms with E-state index in [-0.39, 0.29) is 23.9 Å². The average molecular weight is 359 g/mol. The Hall–Kier alpha value is -2.24. The summed E-state index contributed by atoms with van der Waals surface area (Å²) < 4.78 is 31.2. The quantitative estimate of drug-likeness (QED) is 0.840. The second-order valence-corrected chi connectivity index (χ2v) is 7.48. The first-order valence-corrected chi connectivity index (χ1v) is 9.30. The number of aryl methyl sites for hydroxylation is 2. The number of hydrogen-bond acceptors (Lipinski definition) is 2. The number of nitrogens with one attached hydrogen (secondary N) is 1. The summed E-state index contributed by atoms with van der Waals surface area (Å²) >= 11 is 0. The molecule has 1 aromatic heterocycles. The van der Waals surface area contributed by atoms with Crippen LogP contribution in [0.3, 0.4) is 0 Å². The maximum absolute atomic E-state index is 14.8. The molecular weight excluding hydrogens is 336 g/mol. The third-order valence-electron chi connectivity index (χ3n) is 5.72. The Bertz CT molecular complexity index is 868. The van der Waals surface area contributed by atoms with E-state index in [1.165, 1.54) is 18.6 Å². The van der Waals surface area contributed by atoms with E-state index in [9.17, 15) is 13.6 Å². The molecule has 1 aromatic carbocycles. The lowest BCUT2D eigenvalue weighted by atomic mass is 9.84. The lowest BCUT2D eigenvalue weighted by Crippen LogP contribution is -2.27. The zero-order chi connectivity index (χ0) is 18.4. The minimum Gasteiger partial charge on any atom is -0.311 e. The van der Waals surface area contributed by atoms with Crippen molar-refractivity contribution in [3.8, 4) is 0 Å². The van der Waals surface area contributed by atoms with Crippen LogP contribution in [0.5, 0.6) is 0 Å². The molecule has 2 heterocycles. The number of rotatable bonds is 2. The number of aromatic nitrogens is 2. The van der Waals surface area contributed by atoms with Gasteiger partial charge in [-0.3, -0.25) is 4.79 Å². The summed E-state index contributed by atoms with van der Waals surface area (Å²) in [5.41, 5.74) is 1.84. The standard InChI is InChI=1S/C20H23F2N3O/c1-11-8-9-15(21)18(19(11)22)14-10-16(26)23-20-17(14)12(2)24-25(20)13-6-4-3-5-7-13/h8-9,13-14H,3-7,10H2,1-2H3,(H,23,26). The van der Waals surface area contributed by atoms with E-state index in [2.05, 4.69) is 10.4 Å². The average Bonchev–Trinajstić information content (AvgIpc) is 2.96. The lowest BCUT2D eigenvalue weighted by Gasteiger charge is -2.28. The van der Waals surface area contributed by atoms with E-state index >= 15 is 0 Å². The van der Waals surface area contributed by atoms with Crippen LogP contribution < -0.4 is 5.32 Å². The molecule has 26 heavy (non-hydrogen) atoms. The van der Waals surface area contributed by atoms with Crippen LogP contribution in [-0.2, 0) is 4.79 Å². The zero-order valence-electron chi connectivity index (χ0n) is 15.1. The SMILES string of the molecule is Cc1ccc(F)c(C2CC(=O)Nc3c2c(C)nn3C2CCCCC2)c1F. The van der Waals surface area contributed by atoms with Crippen molar-refractivity contribution in [1.29, 1.82) is 0 Å². The monoisotopic (exact) mass is 359 g/mol. The summed E-state index contributed by atoms with van der Waals surface area (Å²) in [6.07, 6.45) is 5.55. The van der Waals surface area contributed by atoms with E-state index in [0.29, 0.717) is 11.4 Å². The molecule has 2 aliphatic rings. The molecule has 4 nitrogen and oxygen atoms in total. The Morgan fingerprint density at radius 1 is 1.12 bits per heavy atom. The van der Waals surface area contributed by atoms with Crippen molar-refractivity contribution >= 4 is 11.7 Å². The highest BCUT2D eigenvalue weighted by Gasteiger charge is 2.36. The number of carbonyl (C=O) groups is 1. The molecule has 0 radical (unpaired) electrons. The van der Waals surface area contributed by atoms with Gasteiger partial charge >= 0.3 is 0 Å². The van der Waals surface area contributed by atoms with Crippen LogP contribution in [0.15, 0.2) is 12.1 Å². The number of carbonyl (C=O) groups excluding carboxylic acids is 1. The maximum Gasteiger partial charge on any atom is 0.226 e. The fourth-order valence-electron chi connectivity index (χ4n) is 4.41. The molecule has 6 heteroatoms. The molecule has 1 N–H and O–H groups in total. The first kappa shape index (κ1) is 17.2. The van der Waals surface area contributed by atoms with Crippen molar-refractivity contribution in [1.82, 2.24) is 9.78 Å². The van der Waals surface area contributed by atoms with Crippen LogP contribution in [0.25, 0.3) is 0 Å². The Morgan fingerprint density at radius 3 is 2.58 bits per heavy atom. The summed E-state index contributed by atoms with van der Waals surface area (Å²) in [5.74, 6) is -1.42. The van der Waals surface area contributed by atoms with Gasteiger partial charge in [-0.05, 0) is 38.3 Å². The van der Waals surface area contributed by atoms with Crippen LogP contribution in [0.1, 0.15) is 72.9 Å². The van der Waals surface area contributed by atoms with Gasteiger partial charge < -0.3 is 5.32 Å². The third kappa shape index (κ3) is 2.72. The molecule has 1 unspecified atom stereocenters. The van der Waals surface area contributed by atoms with Crippen LogP contribution >= 0.6 is 0 Å². The first-order valence-electron chi connectivity index (χ1n) is 9.30. The molecule has 1 fully saturated rings. The van der Waals surface area contributed by atoms with Gasteiger partial charge in [0.2, 0.25) is 5.91 Å². The first-order chi connectivity index (χ1) is 12.5. The summed E-state index contributed by atoms with van der Waals surface area (Å²) in [7, 11) is 0. The van der Waals surface area contributed by atoms with Crippen molar-refractivity contribution in [2.24, 2.45) is 0 Å². The minimum atomic E-state index is -0.643. The third-order valence-corrected chi connectivity index (χ3v) is 5.72.